The average Bonchev–Trinajstić information content (AvgIpc) is 2.76. The van der Waals surface area contributed by atoms with Crippen molar-refractivity contribution < 1.29 is 25.2 Å². The van der Waals surface area contributed by atoms with Crippen LogP contribution in [0.3, 0.4) is 0 Å². The molecule has 31 heavy (non-hydrogen) atoms. The molecule has 0 radical (unpaired) electrons. The molecule has 0 unspecified atom stereocenters. The van der Waals surface area contributed by atoms with Gasteiger partial charge in [0.25, 0.3) is 0 Å². The van der Waals surface area contributed by atoms with Gasteiger partial charge in [0.2, 0.25) is 0 Å². The van der Waals surface area contributed by atoms with Gasteiger partial charge in [0.15, 0.2) is 23.0 Å². The summed E-state index contributed by atoms with van der Waals surface area (Å²) in [6.45, 7) is 4.75. The molecule has 0 spiro atoms. The lowest BCUT2D eigenvalue weighted by Crippen LogP contribution is -2.27. The molecule has 3 rings (SSSR count). The first-order valence-corrected chi connectivity index (χ1v) is 10.6. The van der Waals surface area contributed by atoms with E-state index in [0.29, 0.717) is 35.8 Å². The molecule has 1 saturated carbocycles. The number of ether oxygens (including phenoxy) is 2. The SMILES string of the molecule is CCOc1cccc(C=N[C@H]2CCCC[C@H]2N=Cc2cccc(OCC)c2O)c1O.O. The molecule has 0 aromatic heterocycles. The Balaban J connectivity index is 0.00000341. The van der Waals surface area contributed by atoms with E-state index < -0.39 is 0 Å². The third-order valence-corrected chi connectivity index (χ3v) is 5.16. The van der Waals surface area contributed by atoms with Gasteiger partial charge in [0, 0.05) is 23.6 Å². The van der Waals surface area contributed by atoms with Gasteiger partial charge < -0.3 is 25.2 Å². The topological polar surface area (TPSA) is 115 Å². The number of phenolic OH excluding ortho intramolecular Hbond substituents is 2. The second-order valence-electron chi connectivity index (χ2n) is 7.23. The van der Waals surface area contributed by atoms with Gasteiger partial charge in [0.1, 0.15) is 0 Å². The van der Waals surface area contributed by atoms with Gasteiger partial charge in [-0.05, 0) is 51.0 Å². The maximum Gasteiger partial charge on any atom is 0.166 e. The van der Waals surface area contributed by atoms with Crippen LogP contribution in [0.5, 0.6) is 23.0 Å². The van der Waals surface area contributed by atoms with Crippen LogP contribution in [-0.4, -0.2) is 53.4 Å². The number of rotatable bonds is 8. The molecule has 2 atom stereocenters. The fourth-order valence-corrected chi connectivity index (χ4v) is 3.62. The number of hydrogen-bond donors (Lipinski definition) is 2. The summed E-state index contributed by atoms with van der Waals surface area (Å²) < 4.78 is 10.9. The monoisotopic (exact) mass is 428 g/mol. The van der Waals surface area contributed by atoms with Gasteiger partial charge in [-0.1, -0.05) is 25.0 Å². The largest absolute Gasteiger partial charge is 0.504 e. The summed E-state index contributed by atoms with van der Waals surface area (Å²) in [5.74, 6) is 1.14. The first-order valence-electron chi connectivity index (χ1n) is 10.6. The van der Waals surface area contributed by atoms with E-state index in [2.05, 4.69) is 0 Å². The van der Waals surface area contributed by atoms with Gasteiger partial charge in [0.05, 0.1) is 25.3 Å². The zero-order valence-corrected chi connectivity index (χ0v) is 18.1. The summed E-state index contributed by atoms with van der Waals surface area (Å²) in [4.78, 5) is 9.47. The van der Waals surface area contributed by atoms with E-state index in [1.165, 1.54) is 0 Å². The Kier molecular flexibility index (Phi) is 9.34. The minimum absolute atomic E-state index is 0. The van der Waals surface area contributed by atoms with Crippen LogP contribution < -0.4 is 9.47 Å². The molecule has 4 N–H and O–H groups in total. The third kappa shape index (κ3) is 6.21. The van der Waals surface area contributed by atoms with Crippen LogP contribution in [0.25, 0.3) is 0 Å². The molecule has 1 aliphatic rings. The second-order valence-corrected chi connectivity index (χ2v) is 7.23. The average molecular weight is 429 g/mol. The first-order chi connectivity index (χ1) is 14.6. The van der Waals surface area contributed by atoms with Crippen LogP contribution in [0.2, 0.25) is 0 Å². The molecule has 0 aliphatic heterocycles. The zero-order valence-electron chi connectivity index (χ0n) is 18.1. The Hall–Kier alpha value is -3.06. The van der Waals surface area contributed by atoms with E-state index >= 15 is 0 Å². The van der Waals surface area contributed by atoms with Crippen molar-refractivity contribution >= 4 is 12.4 Å². The summed E-state index contributed by atoms with van der Waals surface area (Å²) >= 11 is 0. The zero-order chi connectivity index (χ0) is 21.3. The normalized spacial score (nSPS) is 18.8. The van der Waals surface area contributed by atoms with Gasteiger partial charge in [-0.2, -0.15) is 0 Å². The van der Waals surface area contributed by atoms with Crippen LogP contribution in [-0.2, 0) is 0 Å². The first kappa shape index (κ1) is 24.2. The summed E-state index contributed by atoms with van der Waals surface area (Å²) in [6, 6.07) is 10.9. The second kappa shape index (κ2) is 12.0. The molecule has 0 amide bonds. The highest BCUT2D eigenvalue weighted by Gasteiger charge is 2.23. The maximum atomic E-state index is 10.4. The Labute approximate surface area is 183 Å². The molecule has 1 fully saturated rings. The Morgan fingerprint density at radius 3 is 1.61 bits per heavy atom. The molecule has 0 saturated heterocycles. The maximum absolute atomic E-state index is 10.4. The Bertz CT molecular complexity index is 824. The number of para-hydroxylation sites is 2. The van der Waals surface area contributed by atoms with Crippen LogP contribution >= 0.6 is 0 Å². The van der Waals surface area contributed by atoms with Crippen LogP contribution in [0, 0.1) is 0 Å². The molecule has 1 aliphatic carbocycles. The number of phenols is 2. The molecule has 2 aromatic rings. The van der Waals surface area contributed by atoms with Crippen LogP contribution in [0.1, 0.15) is 50.7 Å². The van der Waals surface area contributed by atoms with E-state index in [-0.39, 0.29) is 29.1 Å². The lowest BCUT2D eigenvalue weighted by atomic mass is 9.91. The van der Waals surface area contributed by atoms with Crippen molar-refractivity contribution in [1.29, 1.82) is 0 Å². The fraction of sp³-hybridized carbons (Fsp3) is 0.417. The molecule has 0 bridgehead atoms. The Morgan fingerprint density at radius 2 is 1.23 bits per heavy atom. The van der Waals surface area contributed by atoms with Crippen molar-refractivity contribution in [2.24, 2.45) is 9.98 Å². The lowest BCUT2D eigenvalue weighted by Gasteiger charge is -2.25. The molecule has 7 nitrogen and oxygen atoms in total. The Morgan fingerprint density at radius 1 is 0.806 bits per heavy atom. The van der Waals surface area contributed by atoms with Gasteiger partial charge in [-0.3, -0.25) is 9.98 Å². The minimum Gasteiger partial charge on any atom is -0.504 e. The fourth-order valence-electron chi connectivity index (χ4n) is 3.62. The molecule has 168 valence electrons. The summed E-state index contributed by atoms with van der Waals surface area (Å²) in [5, 5.41) is 20.8. The highest BCUT2D eigenvalue weighted by atomic mass is 16.5. The number of aliphatic imine (C=N–C) groups is 2. The van der Waals surface area contributed by atoms with Crippen molar-refractivity contribution in [2.75, 3.05) is 13.2 Å². The smallest absolute Gasteiger partial charge is 0.166 e. The molecule has 0 heterocycles. The van der Waals surface area contributed by atoms with Crippen molar-refractivity contribution in [3.63, 3.8) is 0 Å². The summed E-state index contributed by atoms with van der Waals surface area (Å²) in [6.07, 6.45) is 7.51. The minimum atomic E-state index is 0. The predicted molar refractivity (Wildman–Crippen MR) is 123 cm³/mol. The number of nitrogens with zero attached hydrogens (tertiary/aromatic N) is 2. The van der Waals surface area contributed by atoms with E-state index in [0.717, 1.165) is 25.7 Å². The van der Waals surface area contributed by atoms with E-state index in [1.807, 2.05) is 38.1 Å². The quantitative estimate of drug-likeness (QED) is 0.620. The predicted octanol–water partition coefficient (Wildman–Crippen LogP) is 3.92. The van der Waals surface area contributed by atoms with Crippen LogP contribution in [0.15, 0.2) is 46.4 Å². The number of aromatic hydroxyl groups is 2. The van der Waals surface area contributed by atoms with Gasteiger partial charge in [-0.15, -0.1) is 0 Å². The molecular weight excluding hydrogens is 396 g/mol. The number of hydrogen-bond acceptors (Lipinski definition) is 6. The van der Waals surface area contributed by atoms with Gasteiger partial charge >= 0.3 is 0 Å². The third-order valence-electron chi connectivity index (χ3n) is 5.16. The lowest BCUT2D eigenvalue weighted by molar-refractivity contribution is 0.318. The van der Waals surface area contributed by atoms with Crippen molar-refractivity contribution in [3.05, 3.63) is 47.5 Å². The van der Waals surface area contributed by atoms with E-state index in [1.54, 1.807) is 24.6 Å². The van der Waals surface area contributed by atoms with E-state index in [4.69, 9.17) is 19.5 Å². The molecule has 2 aromatic carbocycles. The molecule has 7 heteroatoms. The van der Waals surface area contributed by atoms with Crippen molar-refractivity contribution in [1.82, 2.24) is 0 Å². The number of benzene rings is 2. The van der Waals surface area contributed by atoms with Crippen LogP contribution in [0.4, 0.5) is 0 Å². The van der Waals surface area contributed by atoms with Gasteiger partial charge in [-0.25, -0.2) is 0 Å². The highest BCUT2D eigenvalue weighted by Crippen LogP contribution is 2.31. The summed E-state index contributed by atoms with van der Waals surface area (Å²) in [7, 11) is 0. The highest BCUT2D eigenvalue weighted by molar-refractivity contribution is 5.86. The summed E-state index contributed by atoms with van der Waals surface area (Å²) in [5.41, 5.74) is 1.27. The molecular formula is C24H32N2O5. The van der Waals surface area contributed by atoms with Crippen molar-refractivity contribution in [3.8, 4) is 23.0 Å². The standard InChI is InChI=1S/C24H30N2O4.H2O/c1-3-29-21-13-7-9-17(23(21)27)15-25-19-11-5-6-12-20(19)26-16-18-10-8-14-22(24(18)28)30-4-2;/h7-10,13-16,19-20,27-28H,3-6,11-12H2,1-2H3;1H2/t19-,20+;. The van der Waals surface area contributed by atoms with E-state index in [9.17, 15) is 10.2 Å². The van der Waals surface area contributed by atoms with Crippen molar-refractivity contribution in [2.45, 2.75) is 51.6 Å².